The number of carbonyl (C=O) groups is 3. The van der Waals surface area contributed by atoms with Crippen LogP contribution in [0.2, 0.25) is 0 Å². The number of H-pyrrole nitrogens is 1. The number of ketones is 1. The number of carbonyl (C=O) groups excluding carboxylic acids is 3. The summed E-state index contributed by atoms with van der Waals surface area (Å²) in [5, 5.41) is 0. The van der Waals surface area contributed by atoms with Crippen LogP contribution in [-0.4, -0.2) is 61.5 Å². The Balaban J connectivity index is 2.15. The minimum atomic E-state index is -0.509. The van der Waals surface area contributed by atoms with Crippen LogP contribution in [0, 0.1) is 19.8 Å². The van der Waals surface area contributed by atoms with E-state index in [1.807, 2.05) is 0 Å². The van der Waals surface area contributed by atoms with Crippen LogP contribution < -0.4 is 0 Å². The first-order valence-electron chi connectivity index (χ1n) is 8.49. The second-order valence-electron chi connectivity index (χ2n) is 6.42. The molecular formula is C18H26N2O5. The zero-order valence-corrected chi connectivity index (χ0v) is 15.3. The highest BCUT2D eigenvalue weighted by molar-refractivity contribution is 6.04. The number of aryl methyl sites for hydroxylation is 1. The maximum atomic E-state index is 12.8. The van der Waals surface area contributed by atoms with E-state index in [0.717, 1.165) is 12.8 Å². The van der Waals surface area contributed by atoms with Gasteiger partial charge in [-0.1, -0.05) is 0 Å². The molecule has 0 radical (unpaired) electrons. The van der Waals surface area contributed by atoms with Gasteiger partial charge in [0.1, 0.15) is 5.69 Å². The van der Waals surface area contributed by atoms with Crippen molar-refractivity contribution in [3.8, 4) is 0 Å². The standard InChI is InChI=1S/C18H26N2O5/c1-11-15(12(2)19-16(11)18(23)25-4)14(21)10-20(8-5-9-24-3)17(22)13-6-7-13/h13,19H,5-10H2,1-4H3. The van der Waals surface area contributed by atoms with Crippen LogP contribution in [0.5, 0.6) is 0 Å². The van der Waals surface area contributed by atoms with E-state index in [-0.39, 0.29) is 29.8 Å². The highest BCUT2D eigenvalue weighted by Crippen LogP contribution is 2.31. The van der Waals surface area contributed by atoms with Crippen molar-refractivity contribution in [1.82, 2.24) is 9.88 Å². The third kappa shape index (κ3) is 4.48. The number of hydrogen-bond acceptors (Lipinski definition) is 5. The number of aromatic nitrogens is 1. The summed E-state index contributed by atoms with van der Waals surface area (Å²) in [7, 11) is 2.91. The third-order valence-electron chi connectivity index (χ3n) is 4.46. The molecule has 1 aliphatic carbocycles. The predicted molar refractivity (Wildman–Crippen MR) is 91.7 cm³/mol. The number of hydrogen-bond donors (Lipinski definition) is 1. The van der Waals surface area contributed by atoms with E-state index in [4.69, 9.17) is 9.47 Å². The Bertz CT molecular complexity index is 661. The van der Waals surface area contributed by atoms with Crippen LogP contribution in [-0.2, 0) is 14.3 Å². The van der Waals surface area contributed by atoms with E-state index < -0.39 is 5.97 Å². The molecule has 1 N–H and O–H groups in total. The van der Waals surface area contributed by atoms with Crippen molar-refractivity contribution in [2.75, 3.05) is 33.9 Å². The van der Waals surface area contributed by atoms with Gasteiger partial charge in [0, 0.05) is 37.4 Å². The molecule has 138 valence electrons. The fourth-order valence-electron chi connectivity index (χ4n) is 2.98. The lowest BCUT2D eigenvalue weighted by molar-refractivity contribution is -0.132. The average molecular weight is 350 g/mol. The van der Waals surface area contributed by atoms with Crippen molar-refractivity contribution in [3.05, 3.63) is 22.5 Å². The summed E-state index contributed by atoms with van der Waals surface area (Å²) in [6, 6.07) is 0. The predicted octanol–water partition coefficient (Wildman–Crippen LogP) is 1.88. The first-order chi connectivity index (χ1) is 11.9. The van der Waals surface area contributed by atoms with E-state index in [1.54, 1.807) is 25.9 Å². The largest absolute Gasteiger partial charge is 0.464 e. The number of esters is 1. The highest BCUT2D eigenvalue weighted by atomic mass is 16.5. The minimum absolute atomic E-state index is 0.0131. The van der Waals surface area contributed by atoms with E-state index in [0.29, 0.717) is 36.4 Å². The molecule has 0 atom stereocenters. The first kappa shape index (κ1) is 19.2. The van der Waals surface area contributed by atoms with Gasteiger partial charge in [0.05, 0.1) is 13.7 Å². The fourth-order valence-corrected chi connectivity index (χ4v) is 2.98. The van der Waals surface area contributed by atoms with Gasteiger partial charge in [0.2, 0.25) is 5.91 Å². The minimum Gasteiger partial charge on any atom is -0.464 e. The number of Topliss-reactive ketones (excluding diaryl/α,β-unsaturated/α-hetero) is 1. The molecule has 1 amide bonds. The van der Waals surface area contributed by atoms with Crippen LogP contribution in [0.25, 0.3) is 0 Å². The van der Waals surface area contributed by atoms with Crippen LogP contribution in [0.15, 0.2) is 0 Å². The van der Waals surface area contributed by atoms with Crippen LogP contribution in [0.4, 0.5) is 0 Å². The number of nitrogens with zero attached hydrogens (tertiary/aromatic N) is 1. The van der Waals surface area contributed by atoms with Crippen molar-refractivity contribution >= 4 is 17.7 Å². The van der Waals surface area contributed by atoms with Gasteiger partial charge in [-0.2, -0.15) is 0 Å². The van der Waals surface area contributed by atoms with Crippen LogP contribution >= 0.6 is 0 Å². The summed E-state index contributed by atoms with van der Waals surface area (Å²) >= 11 is 0. The lowest BCUT2D eigenvalue weighted by Gasteiger charge is -2.22. The van der Waals surface area contributed by atoms with Gasteiger partial charge in [-0.05, 0) is 38.7 Å². The molecule has 1 saturated carbocycles. The molecule has 0 saturated heterocycles. The molecule has 1 aromatic heterocycles. The molecule has 0 spiro atoms. The fraction of sp³-hybridized carbons (Fsp3) is 0.611. The second-order valence-corrected chi connectivity index (χ2v) is 6.42. The monoisotopic (exact) mass is 350 g/mol. The van der Waals surface area contributed by atoms with Crippen molar-refractivity contribution in [2.45, 2.75) is 33.1 Å². The summed E-state index contributed by atoms with van der Waals surface area (Å²) in [6.45, 7) is 4.49. The van der Waals surface area contributed by atoms with Crippen molar-refractivity contribution < 1.29 is 23.9 Å². The van der Waals surface area contributed by atoms with E-state index in [1.165, 1.54) is 7.11 Å². The van der Waals surface area contributed by atoms with Gasteiger partial charge in [-0.3, -0.25) is 9.59 Å². The quantitative estimate of drug-likeness (QED) is 0.417. The molecule has 0 unspecified atom stereocenters. The lowest BCUT2D eigenvalue weighted by Crippen LogP contribution is -2.38. The number of amides is 1. The number of methoxy groups -OCH3 is 2. The molecule has 25 heavy (non-hydrogen) atoms. The molecule has 7 heteroatoms. The molecule has 7 nitrogen and oxygen atoms in total. The molecular weight excluding hydrogens is 324 g/mol. The smallest absolute Gasteiger partial charge is 0.354 e. The van der Waals surface area contributed by atoms with Crippen molar-refractivity contribution in [2.24, 2.45) is 5.92 Å². The van der Waals surface area contributed by atoms with Gasteiger partial charge in [-0.25, -0.2) is 4.79 Å². The first-order valence-corrected chi connectivity index (χ1v) is 8.49. The summed E-state index contributed by atoms with van der Waals surface area (Å²) in [5.41, 5.74) is 1.91. The zero-order valence-electron chi connectivity index (χ0n) is 15.3. The summed E-state index contributed by atoms with van der Waals surface area (Å²) in [4.78, 5) is 41.6. The Morgan fingerprint density at radius 3 is 2.44 bits per heavy atom. The SMILES string of the molecule is COCCCN(CC(=O)c1c(C)[nH]c(C(=O)OC)c1C)C(=O)C1CC1. The van der Waals surface area contributed by atoms with E-state index >= 15 is 0 Å². The maximum absolute atomic E-state index is 12.8. The number of aromatic amines is 1. The average Bonchev–Trinajstić information content (AvgIpc) is 3.38. The van der Waals surface area contributed by atoms with Crippen molar-refractivity contribution in [1.29, 1.82) is 0 Å². The lowest BCUT2D eigenvalue weighted by atomic mass is 10.0. The Morgan fingerprint density at radius 1 is 1.20 bits per heavy atom. The molecule has 2 rings (SSSR count). The normalized spacial score (nSPS) is 13.6. The highest BCUT2D eigenvalue weighted by Gasteiger charge is 2.34. The van der Waals surface area contributed by atoms with Crippen LogP contribution in [0.1, 0.15) is 51.4 Å². The maximum Gasteiger partial charge on any atom is 0.354 e. The van der Waals surface area contributed by atoms with Gasteiger partial charge in [0.15, 0.2) is 5.78 Å². The van der Waals surface area contributed by atoms with Gasteiger partial charge in [-0.15, -0.1) is 0 Å². The van der Waals surface area contributed by atoms with Gasteiger partial charge >= 0.3 is 5.97 Å². The van der Waals surface area contributed by atoms with Gasteiger partial charge < -0.3 is 19.4 Å². The zero-order chi connectivity index (χ0) is 18.6. The van der Waals surface area contributed by atoms with E-state index in [2.05, 4.69) is 4.98 Å². The Labute approximate surface area is 147 Å². The summed E-state index contributed by atoms with van der Waals surface area (Å²) in [5.74, 6) is -0.601. The van der Waals surface area contributed by atoms with E-state index in [9.17, 15) is 14.4 Å². The number of ether oxygens (including phenoxy) is 2. The second kappa shape index (κ2) is 8.29. The summed E-state index contributed by atoms with van der Waals surface area (Å²) in [6.07, 6.45) is 2.46. The summed E-state index contributed by atoms with van der Waals surface area (Å²) < 4.78 is 9.77. The Hall–Kier alpha value is -2.15. The molecule has 0 aliphatic heterocycles. The topological polar surface area (TPSA) is 88.7 Å². The Kier molecular flexibility index (Phi) is 6.36. The Morgan fingerprint density at radius 2 is 1.88 bits per heavy atom. The number of nitrogens with one attached hydrogen (secondary N) is 1. The molecule has 1 aliphatic rings. The molecule has 0 bridgehead atoms. The van der Waals surface area contributed by atoms with Gasteiger partial charge in [0.25, 0.3) is 0 Å². The molecule has 0 aromatic carbocycles. The molecule has 1 heterocycles. The molecule has 1 fully saturated rings. The molecule has 1 aromatic rings. The van der Waals surface area contributed by atoms with Crippen molar-refractivity contribution in [3.63, 3.8) is 0 Å². The number of rotatable bonds is 9. The third-order valence-corrected chi connectivity index (χ3v) is 4.46. The van der Waals surface area contributed by atoms with Crippen LogP contribution in [0.3, 0.4) is 0 Å².